The van der Waals surface area contributed by atoms with Gasteiger partial charge in [-0.05, 0) is 0 Å². The molecule has 8 heteroatoms. The lowest BCUT2D eigenvalue weighted by Crippen LogP contribution is -2.43. The summed E-state index contributed by atoms with van der Waals surface area (Å²) in [7, 11) is 0. The van der Waals surface area contributed by atoms with Gasteiger partial charge in [-0.2, -0.15) is 25.3 Å². The first-order valence-electron chi connectivity index (χ1n) is 7.09. The molecule has 0 bridgehead atoms. The topological polar surface area (TPSA) is 120 Å². The van der Waals surface area contributed by atoms with E-state index in [1.54, 1.807) is 12.1 Å². The van der Waals surface area contributed by atoms with Crippen LogP contribution in [0.2, 0.25) is 0 Å². The summed E-state index contributed by atoms with van der Waals surface area (Å²) in [6.45, 7) is 0. The second kappa shape index (κ2) is 7.43. The van der Waals surface area contributed by atoms with Crippen LogP contribution >= 0.6 is 25.3 Å². The number of carbonyl (C=O) groups excluding carboxylic acids is 4. The van der Waals surface area contributed by atoms with Crippen LogP contribution in [-0.4, -0.2) is 46.7 Å². The molecule has 0 saturated heterocycles. The summed E-state index contributed by atoms with van der Waals surface area (Å²) in [5.41, 5.74) is 10.4. The Morgan fingerprint density at radius 2 is 1.17 bits per heavy atom. The molecule has 0 heterocycles. The van der Waals surface area contributed by atoms with E-state index in [2.05, 4.69) is 25.3 Å². The van der Waals surface area contributed by atoms with Crippen LogP contribution in [-0.2, 0) is 9.59 Å². The number of fused-ring (bicyclic) bond motifs is 1. The smallest absolute Gasteiger partial charge is 0.198 e. The average molecular weight is 364 g/mol. The fourth-order valence-corrected chi connectivity index (χ4v) is 2.71. The van der Waals surface area contributed by atoms with E-state index in [1.807, 2.05) is 0 Å². The van der Waals surface area contributed by atoms with Crippen molar-refractivity contribution in [2.45, 2.75) is 12.1 Å². The van der Waals surface area contributed by atoms with Gasteiger partial charge in [0.05, 0.1) is 23.2 Å². The Kier molecular flexibility index (Phi) is 5.76. The van der Waals surface area contributed by atoms with Gasteiger partial charge in [-0.15, -0.1) is 0 Å². The second-order valence-corrected chi connectivity index (χ2v) is 5.99. The third kappa shape index (κ3) is 3.10. The molecule has 0 aromatic heterocycles. The van der Waals surface area contributed by atoms with Crippen LogP contribution < -0.4 is 11.5 Å². The number of ketones is 4. The van der Waals surface area contributed by atoms with Crippen molar-refractivity contribution in [1.82, 2.24) is 0 Å². The molecule has 0 unspecified atom stereocenters. The second-order valence-electron chi connectivity index (χ2n) is 5.26. The molecule has 126 valence electrons. The predicted octanol–water partition coefficient (Wildman–Crippen LogP) is 0.0146. The zero-order valence-corrected chi connectivity index (χ0v) is 14.3. The highest BCUT2D eigenvalue weighted by Gasteiger charge is 2.40. The summed E-state index contributed by atoms with van der Waals surface area (Å²) in [4.78, 5) is 50.5. The molecule has 2 atom stereocenters. The Hall–Kier alpha value is -1.74. The standard InChI is InChI=1S/C16H16N2O4S2/c17-9(5-23)15(21)11-12(16(22)10(18)6-24)14(20)8-4-2-1-3-7(8)13(11)19/h1-4,9-10,23-24H,5-6,17-18H2/t9-,10-/m0/s1. The molecule has 0 aliphatic heterocycles. The highest BCUT2D eigenvalue weighted by Crippen LogP contribution is 2.28. The number of rotatable bonds is 6. The monoisotopic (exact) mass is 364 g/mol. The van der Waals surface area contributed by atoms with E-state index in [1.165, 1.54) is 12.1 Å². The van der Waals surface area contributed by atoms with E-state index in [4.69, 9.17) is 11.5 Å². The fraction of sp³-hybridized carbons (Fsp3) is 0.250. The van der Waals surface area contributed by atoms with Crippen molar-refractivity contribution in [2.24, 2.45) is 11.5 Å². The van der Waals surface area contributed by atoms with E-state index >= 15 is 0 Å². The molecule has 0 amide bonds. The molecule has 6 nitrogen and oxygen atoms in total. The Balaban J connectivity index is 2.72. The van der Waals surface area contributed by atoms with Gasteiger partial charge in [0, 0.05) is 22.6 Å². The number of nitrogens with two attached hydrogens (primary N) is 2. The Labute approximate surface area is 149 Å². The summed E-state index contributed by atoms with van der Waals surface area (Å²) in [5, 5.41) is 0. The molecule has 1 aromatic rings. The molecule has 1 aliphatic rings. The van der Waals surface area contributed by atoms with Crippen molar-refractivity contribution in [3.05, 3.63) is 46.5 Å². The van der Waals surface area contributed by atoms with Crippen molar-refractivity contribution in [1.29, 1.82) is 0 Å². The summed E-state index contributed by atoms with van der Waals surface area (Å²) in [6.07, 6.45) is 0. The Bertz CT molecular complexity index is 710. The molecule has 4 N–H and O–H groups in total. The number of Topliss-reactive ketones (excluding diaryl/α,β-unsaturated/α-hetero) is 4. The maximum Gasteiger partial charge on any atom is 0.198 e. The first kappa shape index (κ1) is 18.6. The quantitative estimate of drug-likeness (QED) is 0.417. The third-order valence-corrected chi connectivity index (χ3v) is 4.47. The van der Waals surface area contributed by atoms with Gasteiger partial charge in [0.15, 0.2) is 23.1 Å². The molecule has 24 heavy (non-hydrogen) atoms. The molecule has 2 rings (SSSR count). The minimum atomic E-state index is -1.11. The highest BCUT2D eigenvalue weighted by molar-refractivity contribution is 7.80. The van der Waals surface area contributed by atoms with E-state index in [0.29, 0.717) is 0 Å². The number of hydrogen-bond donors (Lipinski definition) is 4. The van der Waals surface area contributed by atoms with Gasteiger partial charge >= 0.3 is 0 Å². The normalized spacial score (nSPS) is 16.7. The van der Waals surface area contributed by atoms with Crippen LogP contribution in [0.25, 0.3) is 0 Å². The van der Waals surface area contributed by atoms with Crippen molar-refractivity contribution in [2.75, 3.05) is 11.5 Å². The number of carbonyl (C=O) groups is 4. The highest BCUT2D eigenvalue weighted by atomic mass is 32.1. The predicted molar refractivity (Wildman–Crippen MR) is 95.8 cm³/mol. The third-order valence-electron chi connectivity index (χ3n) is 3.68. The van der Waals surface area contributed by atoms with Crippen LogP contribution in [0, 0.1) is 0 Å². The van der Waals surface area contributed by atoms with Crippen molar-refractivity contribution < 1.29 is 19.2 Å². The van der Waals surface area contributed by atoms with E-state index in [-0.39, 0.29) is 22.6 Å². The number of benzene rings is 1. The Morgan fingerprint density at radius 1 is 0.833 bits per heavy atom. The van der Waals surface area contributed by atoms with Crippen molar-refractivity contribution in [3.63, 3.8) is 0 Å². The number of thiol groups is 2. The van der Waals surface area contributed by atoms with Crippen molar-refractivity contribution >= 4 is 48.4 Å². The molecule has 1 aliphatic carbocycles. The fourth-order valence-electron chi connectivity index (χ4n) is 2.38. The molecule has 0 saturated carbocycles. The van der Waals surface area contributed by atoms with Gasteiger partial charge in [-0.25, -0.2) is 0 Å². The van der Waals surface area contributed by atoms with E-state index < -0.39 is 46.4 Å². The molecule has 0 radical (unpaired) electrons. The van der Waals surface area contributed by atoms with Crippen LogP contribution in [0.1, 0.15) is 20.7 Å². The lowest BCUT2D eigenvalue weighted by atomic mass is 9.79. The lowest BCUT2D eigenvalue weighted by Gasteiger charge is -2.22. The maximum absolute atomic E-state index is 12.7. The summed E-state index contributed by atoms with van der Waals surface area (Å²) >= 11 is 7.87. The molecule has 0 fully saturated rings. The molecular weight excluding hydrogens is 348 g/mol. The van der Waals surface area contributed by atoms with Crippen molar-refractivity contribution in [3.8, 4) is 0 Å². The average Bonchev–Trinajstić information content (AvgIpc) is 2.61. The minimum absolute atomic E-state index is 0.0362. The van der Waals surface area contributed by atoms with Gasteiger partial charge in [-0.1, -0.05) is 24.3 Å². The largest absolute Gasteiger partial charge is 0.321 e. The summed E-state index contributed by atoms with van der Waals surface area (Å²) in [5.74, 6) is -3.08. The maximum atomic E-state index is 12.7. The van der Waals surface area contributed by atoms with Gasteiger partial charge in [-0.3, -0.25) is 19.2 Å². The lowest BCUT2D eigenvalue weighted by molar-refractivity contribution is -0.118. The van der Waals surface area contributed by atoms with E-state index in [0.717, 1.165) is 0 Å². The minimum Gasteiger partial charge on any atom is -0.321 e. The van der Waals surface area contributed by atoms with Gasteiger partial charge < -0.3 is 11.5 Å². The van der Waals surface area contributed by atoms with Gasteiger partial charge in [0.2, 0.25) is 0 Å². The first-order valence-corrected chi connectivity index (χ1v) is 8.35. The molecule has 0 spiro atoms. The van der Waals surface area contributed by atoms with Crippen LogP contribution in [0.5, 0.6) is 0 Å². The summed E-state index contributed by atoms with van der Waals surface area (Å²) < 4.78 is 0. The molecular formula is C16H16N2O4S2. The van der Waals surface area contributed by atoms with Crippen LogP contribution in [0.3, 0.4) is 0 Å². The first-order chi connectivity index (χ1) is 11.3. The summed E-state index contributed by atoms with van der Waals surface area (Å²) in [6, 6.07) is 3.76. The zero-order valence-electron chi connectivity index (χ0n) is 12.6. The SMILES string of the molecule is N[C@@H](CS)C(=O)C1=C(C(=O)[C@@H](N)CS)C(=O)c2ccccc2C1=O. The zero-order chi connectivity index (χ0) is 18.0. The van der Waals surface area contributed by atoms with Crippen LogP contribution in [0.4, 0.5) is 0 Å². The molecule has 1 aromatic carbocycles. The Morgan fingerprint density at radius 3 is 1.46 bits per heavy atom. The van der Waals surface area contributed by atoms with Gasteiger partial charge in [0.1, 0.15) is 0 Å². The van der Waals surface area contributed by atoms with Crippen LogP contribution in [0.15, 0.2) is 35.4 Å². The van der Waals surface area contributed by atoms with E-state index in [9.17, 15) is 19.2 Å². The van der Waals surface area contributed by atoms with Gasteiger partial charge in [0.25, 0.3) is 0 Å². The number of hydrogen-bond acceptors (Lipinski definition) is 8.